The lowest BCUT2D eigenvalue weighted by atomic mass is 10.0. The largest absolute Gasteiger partial charge is 0.493 e. The number of Topliss-reactive ketones (excluding diaryl/α,β-unsaturated/α-hetero) is 1. The van der Waals surface area contributed by atoms with Gasteiger partial charge in [0, 0.05) is 12.0 Å². The molecule has 0 N–H and O–H groups in total. The molecule has 0 aliphatic heterocycles. The van der Waals surface area contributed by atoms with Crippen LogP contribution in [0.5, 0.6) is 11.5 Å². The Kier molecular flexibility index (Phi) is 5.01. The molecule has 0 bridgehead atoms. The van der Waals surface area contributed by atoms with E-state index in [0.717, 1.165) is 6.42 Å². The Morgan fingerprint density at radius 3 is 2.35 bits per heavy atom. The van der Waals surface area contributed by atoms with E-state index >= 15 is 0 Å². The molecule has 3 heteroatoms. The van der Waals surface area contributed by atoms with Crippen LogP contribution in [0.25, 0.3) is 0 Å². The van der Waals surface area contributed by atoms with E-state index in [1.807, 2.05) is 0 Å². The fraction of sp³-hybridized carbons (Fsp3) is 0.500. The zero-order valence-corrected chi connectivity index (χ0v) is 10.9. The third kappa shape index (κ3) is 3.77. The van der Waals surface area contributed by atoms with Gasteiger partial charge in [0.2, 0.25) is 0 Å². The smallest absolute Gasteiger partial charge is 0.163 e. The van der Waals surface area contributed by atoms with Crippen LogP contribution in [0, 0.1) is 5.92 Å². The molecule has 0 fully saturated rings. The van der Waals surface area contributed by atoms with Crippen molar-refractivity contribution in [2.75, 3.05) is 14.2 Å². The molecule has 0 spiro atoms. The zero-order valence-electron chi connectivity index (χ0n) is 10.9. The van der Waals surface area contributed by atoms with Gasteiger partial charge in [-0.2, -0.15) is 0 Å². The Labute approximate surface area is 103 Å². The van der Waals surface area contributed by atoms with E-state index in [-0.39, 0.29) is 5.78 Å². The van der Waals surface area contributed by atoms with Crippen LogP contribution in [0.4, 0.5) is 0 Å². The van der Waals surface area contributed by atoms with Gasteiger partial charge < -0.3 is 9.47 Å². The predicted octanol–water partition coefficient (Wildman–Crippen LogP) is 3.32. The van der Waals surface area contributed by atoms with Crippen molar-refractivity contribution in [2.24, 2.45) is 5.92 Å². The van der Waals surface area contributed by atoms with E-state index in [2.05, 4.69) is 13.8 Å². The van der Waals surface area contributed by atoms with E-state index in [9.17, 15) is 4.79 Å². The monoisotopic (exact) mass is 236 g/mol. The van der Waals surface area contributed by atoms with Crippen LogP contribution in [-0.2, 0) is 0 Å². The molecule has 0 heterocycles. The molecule has 0 saturated heterocycles. The standard InChI is InChI=1S/C14H20O3/c1-10(2)5-7-12(15)11-6-8-13(16-3)14(9-11)17-4/h6,8-10H,5,7H2,1-4H3. The number of hydrogen-bond acceptors (Lipinski definition) is 3. The molecule has 0 radical (unpaired) electrons. The first-order chi connectivity index (χ1) is 8.08. The second-order valence-corrected chi connectivity index (χ2v) is 4.43. The summed E-state index contributed by atoms with van der Waals surface area (Å²) >= 11 is 0. The van der Waals surface area contributed by atoms with E-state index in [0.29, 0.717) is 29.4 Å². The first-order valence-electron chi connectivity index (χ1n) is 5.83. The second-order valence-electron chi connectivity index (χ2n) is 4.43. The van der Waals surface area contributed by atoms with Gasteiger partial charge >= 0.3 is 0 Å². The average Bonchev–Trinajstić information content (AvgIpc) is 2.34. The number of benzene rings is 1. The third-order valence-corrected chi connectivity index (χ3v) is 2.65. The molecule has 17 heavy (non-hydrogen) atoms. The van der Waals surface area contributed by atoms with Crippen LogP contribution in [0.3, 0.4) is 0 Å². The highest BCUT2D eigenvalue weighted by atomic mass is 16.5. The number of carbonyl (C=O) groups is 1. The van der Waals surface area contributed by atoms with Crippen LogP contribution in [0.2, 0.25) is 0 Å². The molecule has 0 aliphatic rings. The Balaban J connectivity index is 2.81. The predicted molar refractivity (Wildman–Crippen MR) is 67.9 cm³/mol. The van der Waals surface area contributed by atoms with Crippen LogP contribution in [0.15, 0.2) is 18.2 Å². The van der Waals surface area contributed by atoms with Crippen LogP contribution < -0.4 is 9.47 Å². The molecule has 3 nitrogen and oxygen atoms in total. The number of rotatable bonds is 6. The molecule has 0 atom stereocenters. The van der Waals surface area contributed by atoms with E-state index in [1.165, 1.54) is 0 Å². The quantitative estimate of drug-likeness (QED) is 0.711. The zero-order chi connectivity index (χ0) is 12.8. The van der Waals surface area contributed by atoms with Crippen molar-refractivity contribution >= 4 is 5.78 Å². The van der Waals surface area contributed by atoms with Crippen molar-refractivity contribution in [2.45, 2.75) is 26.7 Å². The summed E-state index contributed by atoms with van der Waals surface area (Å²) in [6.07, 6.45) is 1.49. The minimum absolute atomic E-state index is 0.152. The van der Waals surface area contributed by atoms with Gasteiger partial charge in [-0.3, -0.25) is 4.79 Å². The second kappa shape index (κ2) is 6.28. The van der Waals surface area contributed by atoms with Gasteiger partial charge in [-0.15, -0.1) is 0 Å². The molecule has 1 aromatic carbocycles. The summed E-state index contributed by atoms with van der Waals surface area (Å²) in [5.41, 5.74) is 0.684. The molecule has 0 saturated carbocycles. The van der Waals surface area contributed by atoms with Gasteiger partial charge in [-0.25, -0.2) is 0 Å². The van der Waals surface area contributed by atoms with Gasteiger partial charge in [0.25, 0.3) is 0 Å². The Hall–Kier alpha value is -1.51. The number of methoxy groups -OCH3 is 2. The highest BCUT2D eigenvalue weighted by Gasteiger charge is 2.11. The Bertz CT molecular complexity index is 383. The van der Waals surface area contributed by atoms with Crippen molar-refractivity contribution in [1.29, 1.82) is 0 Å². The normalized spacial score (nSPS) is 10.4. The van der Waals surface area contributed by atoms with E-state index < -0.39 is 0 Å². The van der Waals surface area contributed by atoms with Crippen LogP contribution >= 0.6 is 0 Å². The van der Waals surface area contributed by atoms with Gasteiger partial charge in [0.1, 0.15) is 0 Å². The van der Waals surface area contributed by atoms with Crippen molar-refractivity contribution in [3.05, 3.63) is 23.8 Å². The summed E-state index contributed by atoms with van der Waals surface area (Å²) in [5.74, 6) is 1.94. The van der Waals surface area contributed by atoms with Gasteiger partial charge in [0.05, 0.1) is 14.2 Å². The minimum Gasteiger partial charge on any atom is -0.493 e. The molecule has 0 unspecified atom stereocenters. The fourth-order valence-electron chi connectivity index (χ4n) is 1.57. The maximum atomic E-state index is 11.9. The molecule has 1 rings (SSSR count). The maximum Gasteiger partial charge on any atom is 0.163 e. The van der Waals surface area contributed by atoms with Gasteiger partial charge in [-0.05, 0) is 30.5 Å². The van der Waals surface area contributed by atoms with Gasteiger partial charge in [0.15, 0.2) is 17.3 Å². The highest BCUT2D eigenvalue weighted by molar-refractivity contribution is 5.96. The molecular formula is C14H20O3. The first-order valence-corrected chi connectivity index (χ1v) is 5.83. The van der Waals surface area contributed by atoms with E-state index in [4.69, 9.17) is 9.47 Å². The third-order valence-electron chi connectivity index (χ3n) is 2.65. The fourth-order valence-corrected chi connectivity index (χ4v) is 1.57. The van der Waals surface area contributed by atoms with E-state index in [1.54, 1.807) is 32.4 Å². The number of carbonyl (C=O) groups excluding carboxylic acids is 1. The number of hydrogen-bond donors (Lipinski definition) is 0. The number of ether oxygens (including phenoxy) is 2. The summed E-state index contributed by atoms with van der Waals surface area (Å²) in [7, 11) is 3.15. The van der Waals surface area contributed by atoms with Crippen molar-refractivity contribution in [3.63, 3.8) is 0 Å². The SMILES string of the molecule is COc1ccc(C(=O)CCC(C)C)cc1OC. The molecular weight excluding hydrogens is 216 g/mol. The summed E-state index contributed by atoms with van der Waals surface area (Å²) < 4.78 is 10.3. The van der Waals surface area contributed by atoms with Crippen LogP contribution in [0.1, 0.15) is 37.0 Å². The first kappa shape index (κ1) is 13.6. The van der Waals surface area contributed by atoms with Gasteiger partial charge in [-0.1, -0.05) is 13.8 Å². The molecule has 0 aromatic heterocycles. The lowest BCUT2D eigenvalue weighted by Gasteiger charge is -2.09. The maximum absolute atomic E-state index is 11.9. The van der Waals surface area contributed by atoms with Crippen molar-refractivity contribution in [3.8, 4) is 11.5 Å². The molecule has 0 amide bonds. The molecule has 94 valence electrons. The van der Waals surface area contributed by atoms with Crippen LogP contribution in [-0.4, -0.2) is 20.0 Å². The Morgan fingerprint density at radius 2 is 1.82 bits per heavy atom. The summed E-state index contributed by atoms with van der Waals surface area (Å²) in [6.45, 7) is 4.23. The minimum atomic E-state index is 0.152. The van der Waals surface area contributed by atoms with Crippen molar-refractivity contribution < 1.29 is 14.3 Å². The Morgan fingerprint density at radius 1 is 1.18 bits per heavy atom. The molecule has 1 aromatic rings. The lowest BCUT2D eigenvalue weighted by Crippen LogP contribution is -2.02. The lowest BCUT2D eigenvalue weighted by molar-refractivity contribution is 0.0975. The molecule has 0 aliphatic carbocycles. The summed E-state index contributed by atoms with van der Waals surface area (Å²) in [5, 5.41) is 0. The number of ketones is 1. The average molecular weight is 236 g/mol. The van der Waals surface area contributed by atoms with Crippen molar-refractivity contribution in [1.82, 2.24) is 0 Å². The highest BCUT2D eigenvalue weighted by Crippen LogP contribution is 2.28. The summed E-state index contributed by atoms with van der Waals surface area (Å²) in [6, 6.07) is 5.28. The topological polar surface area (TPSA) is 35.5 Å². The summed E-state index contributed by atoms with van der Waals surface area (Å²) in [4.78, 5) is 11.9.